The van der Waals surface area contributed by atoms with Crippen molar-refractivity contribution in [2.24, 2.45) is 0 Å². The number of H-pyrrole nitrogens is 2. The number of aryl methyl sites for hydroxylation is 1. The molecular weight excluding hydrogens is 388 g/mol. The van der Waals surface area contributed by atoms with E-state index >= 15 is 0 Å². The Kier molecular flexibility index (Phi) is 8.90. The van der Waals surface area contributed by atoms with Gasteiger partial charge in [-0.15, -0.1) is 0 Å². The van der Waals surface area contributed by atoms with Crippen molar-refractivity contribution in [1.82, 2.24) is 9.97 Å². The van der Waals surface area contributed by atoms with Crippen molar-refractivity contribution in [3.63, 3.8) is 0 Å². The molecule has 0 aliphatic heterocycles. The van der Waals surface area contributed by atoms with Crippen molar-refractivity contribution in [3.05, 3.63) is 82.3 Å². The van der Waals surface area contributed by atoms with Crippen LogP contribution in [0.4, 0.5) is 0 Å². The molecule has 32 heavy (non-hydrogen) atoms. The van der Waals surface area contributed by atoms with Crippen molar-refractivity contribution in [3.8, 4) is 0 Å². The van der Waals surface area contributed by atoms with E-state index in [9.17, 15) is 0 Å². The maximum absolute atomic E-state index is 4.39. The SMILES string of the molecule is C=Cc1c(/C=C\C)[nH]c2c1/C=C\c1c(ccc3c(/C=C\C)c(C)[nH]c13)CC2=C.CC.CC. The minimum atomic E-state index is 0.812. The van der Waals surface area contributed by atoms with Crippen LogP contribution < -0.4 is 0 Å². The van der Waals surface area contributed by atoms with Gasteiger partial charge in [0.25, 0.3) is 0 Å². The number of benzene rings is 1. The van der Waals surface area contributed by atoms with E-state index < -0.39 is 0 Å². The van der Waals surface area contributed by atoms with Crippen molar-refractivity contribution >= 4 is 46.9 Å². The Bertz CT molecular complexity index is 1190. The van der Waals surface area contributed by atoms with Gasteiger partial charge in [0.05, 0.1) is 5.52 Å². The van der Waals surface area contributed by atoms with Crippen LogP contribution in [0.5, 0.6) is 0 Å². The molecule has 0 saturated carbocycles. The Hall–Kier alpha value is -3.26. The second-order valence-corrected chi connectivity index (χ2v) is 7.28. The molecule has 2 heterocycles. The van der Waals surface area contributed by atoms with Crippen LogP contribution in [0.25, 0.3) is 46.9 Å². The maximum atomic E-state index is 4.39. The van der Waals surface area contributed by atoms with Gasteiger partial charge in [0.1, 0.15) is 0 Å². The number of aromatic amines is 2. The van der Waals surface area contributed by atoms with E-state index in [1.807, 2.05) is 46.8 Å². The zero-order valence-electron chi connectivity index (χ0n) is 20.8. The van der Waals surface area contributed by atoms with E-state index in [1.54, 1.807) is 0 Å². The number of hydrogen-bond acceptors (Lipinski definition) is 0. The lowest BCUT2D eigenvalue weighted by atomic mass is 9.91. The molecule has 4 rings (SSSR count). The number of rotatable bonds is 3. The molecule has 168 valence electrons. The van der Waals surface area contributed by atoms with E-state index in [1.165, 1.54) is 33.3 Å². The summed E-state index contributed by atoms with van der Waals surface area (Å²) in [7, 11) is 0. The first kappa shape index (κ1) is 25.0. The highest BCUT2D eigenvalue weighted by molar-refractivity contribution is 6.00. The molecule has 3 aromatic rings. The molecule has 2 heteroatoms. The van der Waals surface area contributed by atoms with Crippen LogP contribution in [0, 0.1) is 6.92 Å². The van der Waals surface area contributed by atoms with Gasteiger partial charge in [0, 0.05) is 44.7 Å². The first-order chi connectivity index (χ1) is 15.6. The molecule has 0 fully saturated rings. The molecule has 1 aromatic carbocycles. The van der Waals surface area contributed by atoms with E-state index in [-0.39, 0.29) is 0 Å². The molecule has 0 radical (unpaired) electrons. The molecule has 0 unspecified atom stereocenters. The molecule has 2 aromatic heterocycles. The van der Waals surface area contributed by atoms with Crippen LogP contribution in [0.15, 0.2) is 37.4 Å². The molecule has 0 amide bonds. The van der Waals surface area contributed by atoms with Gasteiger partial charge in [0.2, 0.25) is 0 Å². The lowest BCUT2D eigenvalue weighted by Gasteiger charge is -2.14. The molecule has 0 atom stereocenters. The Morgan fingerprint density at radius 2 is 1.53 bits per heavy atom. The van der Waals surface area contributed by atoms with Crippen molar-refractivity contribution in [2.45, 2.75) is 54.9 Å². The van der Waals surface area contributed by atoms with Gasteiger partial charge in [-0.3, -0.25) is 0 Å². The third-order valence-corrected chi connectivity index (χ3v) is 5.50. The summed E-state index contributed by atoms with van der Waals surface area (Å²) < 4.78 is 0. The summed E-state index contributed by atoms with van der Waals surface area (Å²) in [6.45, 7) is 22.6. The second-order valence-electron chi connectivity index (χ2n) is 7.28. The number of aromatic nitrogens is 2. The Morgan fingerprint density at radius 3 is 2.16 bits per heavy atom. The molecule has 2 N–H and O–H groups in total. The zero-order valence-corrected chi connectivity index (χ0v) is 20.8. The van der Waals surface area contributed by atoms with Crippen LogP contribution in [-0.2, 0) is 6.42 Å². The Balaban J connectivity index is 0.000000860. The highest BCUT2D eigenvalue weighted by Crippen LogP contribution is 2.36. The summed E-state index contributed by atoms with van der Waals surface area (Å²) in [4.78, 5) is 7.15. The highest BCUT2D eigenvalue weighted by Gasteiger charge is 2.19. The quantitative estimate of drug-likeness (QED) is 0.418. The van der Waals surface area contributed by atoms with Crippen LogP contribution in [0.2, 0.25) is 0 Å². The summed E-state index contributed by atoms with van der Waals surface area (Å²) in [5.41, 5.74) is 11.7. The van der Waals surface area contributed by atoms with Gasteiger partial charge >= 0.3 is 0 Å². The third-order valence-electron chi connectivity index (χ3n) is 5.50. The maximum Gasteiger partial charge on any atom is 0.0538 e. The fraction of sp³-hybridized carbons (Fsp3) is 0.267. The van der Waals surface area contributed by atoms with Gasteiger partial charge in [-0.05, 0) is 44.4 Å². The molecule has 0 bridgehead atoms. The zero-order chi connectivity index (χ0) is 23.8. The van der Waals surface area contributed by atoms with Crippen molar-refractivity contribution in [1.29, 1.82) is 0 Å². The fourth-order valence-corrected chi connectivity index (χ4v) is 4.21. The molecule has 1 aliphatic carbocycles. The summed E-state index contributed by atoms with van der Waals surface area (Å²) in [5.74, 6) is 0. The van der Waals surface area contributed by atoms with Gasteiger partial charge < -0.3 is 9.97 Å². The normalized spacial score (nSPS) is 13.5. The average Bonchev–Trinajstić information content (AvgIpc) is 3.32. The Labute approximate surface area is 194 Å². The smallest absolute Gasteiger partial charge is 0.0538 e. The van der Waals surface area contributed by atoms with Gasteiger partial charge in [0.15, 0.2) is 0 Å². The lowest BCUT2D eigenvalue weighted by Crippen LogP contribution is -1.98. The number of allylic oxidation sites excluding steroid dienone is 3. The van der Waals surface area contributed by atoms with Crippen LogP contribution in [0.3, 0.4) is 0 Å². The summed E-state index contributed by atoms with van der Waals surface area (Å²) in [6, 6.07) is 4.47. The van der Waals surface area contributed by atoms with E-state index in [0.29, 0.717) is 0 Å². The molecular formula is C30H38N2. The number of nitrogens with one attached hydrogen (secondary N) is 2. The lowest BCUT2D eigenvalue weighted by molar-refractivity contribution is 1.22. The molecule has 0 saturated heterocycles. The third kappa shape index (κ3) is 4.50. The first-order valence-corrected chi connectivity index (χ1v) is 11.7. The van der Waals surface area contributed by atoms with Crippen molar-refractivity contribution in [2.75, 3.05) is 0 Å². The largest absolute Gasteiger partial charge is 0.358 e. The second kappa shape index (κ2) is 11.4. The Morgan fingerprint density at radius 1 is 0.875 bits per heavy atom. The summed E-state index contributed by atoms with van der Waals surface area (Å²) in [6.07, 6.45) is 15.6. The predicted molar refractivity (Wildman–Crippen MR) is 148 cm³/mol. The highest BCUT2D eigenvalue weighted by atomic mass is 14.7. The fourth-order valence-electron chi connectivity index (χ4n) is 4.21. The minimum absolute atomic E-state index is 0.812. The first-order valence-electron chi connectivity index (χ1n) is 11.7. The van der Waals surface area contributed by atoms with E-state index in [4.69, 9.17) is 0 Å². The number of hydrogen-bond donors (Lipinski definition) is 2. The van der Waals surface area contributed by atoms with Gasteiger partial charge in [-0.2, -0.15) is 0 Å². The van der Waals surface area contributed by atoms with E-state index in [2.05, 4.69) is 79.5 Å². The van der Waals surface area contributed by atoms with Crippen LogP contribution in [-0.4, -0.2) is 9.97 Å². The predicted octanol–water partition coefficient (Wildman–Crippen LogP) is 9.31. The average molecular weight is 427 g/mol. The van der Waals surface area contributed by atoms with E-state index in [0.717, 1.165) is 34.5 Å². The van der Waals surface area contributed by atoms with Gasteiger partial charge in [-0.25, -0.2) is 0 Å². The monoisotopic (exact) mass is 426 g/mol. The molecule has 1 aliphatic rings. The minimum Gasteiger partial charge on any atom is -0.358 e. The number of fused-ring (bicyclic) bond motifs is 4. The van der Waals surface area contributed by atoms with Crippen LogP contribution in [0.1, 0.15) is 86.4 Å². The molecule has 2 nitrogen and oxygen atoms in total. The van der Waals surface area contributed by atoms with Crippen LogP contribution >= 0.6 is 0 Å². The molecule has 0 spiro atoms. The van der Waals surface area contributed by atoms with Crippen molar-refractivity contribution < 1.29 is 0 Å². The summed E-state index contributed by atoms with van der Waals surface area (Å²) >= 11 is 0. The summed E-state index contributed by atoms with van der Waals surface area (Å²) in [5, 5.41) is 1.26. The standard InChI is InChI=1S/C26H26N2.2C2H6/c1-6-9-20-17(5)27-26-21-13-14-22-19(8-3)24(10-7-2)28-25(22)16(4)15-18(21)11-12-23(20)26;2*1-2/h6-14,27-28H,3-4,15H2,1-2,5H3;2*1-2H3/b9-6-,10-7-,14-13-;;. The van der Waals surface area contributed by atoms with Gasteiger partial charge in [-0.1, -0.05) is 89.4 Å². The topological polar surface area (TPSA) is 31.6 Å².